The predicted molar refractivity (Wildman–Crippen MR) is 82.2 cm³/mol. The van der Waals surface area contributed by atoms with Crippen molar-refractivity contribution in [3.8, 4) is 0 Å². The lowest BCUT2D eigenvalue weighted by atomic mass is 10.2. The smallest absolute Gasteiger partial charge is 0.264 e. The van der Waals surface area contributed by atoms with Gasteiger partial charge in [-0.1, -0.05) is 18.9 Å². The molecule has 1 amide bonds. The minimum atomic E-state index is -0.286. The maximum Gasteiger partial charge on any atom is 0.264 e. The van der Waals surface area contributed by atoms with E-state index in [4.69, 9.17) is 0 Å². The quantitative estimate of drug-likeness (QED) is 0.940. The van der Waals surface area contributed by atoms with Gasteiger partial charge in [0.15, 0.2) is 0 Å². The molecule has 0 aliphatic heterocycles. The molecule has 1 aromatic carbocycles. The molecule has 1 aliphatic carbocycles. The average molecular weight is 307 g/mol. The Hall–Kier alpha value is -1.46. The molecule has 1 aromatic heterocycles. The first kappa shape index (κ1) is 14.5. The molecule has 0 saturated heterocycles. The number of aliphatic hydroxyl groups is 1. The molecule has 1 fully saturated rings. The summed E-state index contributed by atoms with van der Waals surface area (Å²) in [7, 11) is 0. The summed E-state index contributed by atoms with van der Waals surface area (Å²) < 4.78 is 14.0. The Bertz CT molecular complexity index is 649. The molecule has 0 unspecified atom stereocenters. The van der Waals surface area contributed by atoms with E-state index in [9.17, 15) is 14.3 Å². The second-order valence-corrected chi connectivity index (χ2v) is 6.54. The molecule has 5 heteroatoms. The van der Waals surface area contributed by atoms with Crippen molar-refractivity contribution in [1.29, 1.82) is 0 Å². The van der Waals surface area contributed by atoms with Crippen LogP contribution in [0, 0.1) is 5.82 Å². The Morgan fingerprint density at radius 3 is 2.81 bits per heavy atom. The van der Waals surface area contributed by atoms with Crippen LogP contribution >= 0.6 is 11.3 Å². The molecule has 21 heavy (non-hydrogen) atoms. The largest absolute Gasteiger partial charge is 0.395 e. The van der Waals surface area contributed by atoms with Crippen LogP contribution in [-0.4, -0.2) is 35.1 Å². The van der Waals surface area contributed by atoms with Crippen molar-refractivity contribution in [2.45, 2.75) is 31.7 Å². The fourth-order valence-corrected chi connectivity index (χ4v) is 4.07. The standard InChI is InChI=1S/C16H18FNO2S/c17-12-6-5-11-9-15(21-14(11)10-12)16(20)18(7-8-19)13-3-1-2-4-13/h5-6,9-10,13,19H,1-4,7-8H2. The molecule has 3 nitrogen and oxygen atoms in total. The number of thiophene rings is 1. The van der Waals surface area contributed by atoms with E-state index in [-0.39, 0.29) is 24.4 Å². The number of amides is 1. The third-order valence-corrected chi connectivity index (χ3v) is 5.15. The molecule has 112 valence electrons. The van der Waals surface area contributed by atoms with Gasteiger partial charge in [0.25, 0.3) is 5.91 Å². The highest BCUT2D eigenvalue weighted by Gasteiger charge is 2.27. The van der Waals surface area contributed by atoms with Crippen LogP contribution in [0.3, 0.4) is 0 Å². The molecule has 0 radical (unpaired) electrons. The Balaban J connectivity index is 1.89. The van der Waals surface area contributed by atoms with Crippen molar-refractivity contribution in [3.63, 3.8) is 0 Å². The summed E-state index contributed by atoms with van der Waals surface area (Å²) in [6.45, 7) is 0.341. The van der Waals surface area contributed by atoms with Crippen molar-refractivity contribution >= 4 is 27.3 Å². The monoisotopic (exact) mass is 307 g/mol. The maximum atomic E-state index is 13.3. The summed E-state index contributed by atoms with van der Waals surface area (Å²) in [5.41, 5.74) is 0. The topological polar surface area (TPSA) is 40.5 Å². The van der Waals surface area contributed by atoms with E-state index in [0.29, 0.717) is 11.4 Å². The molecule has 1 N–H and O–H groups in total. The zero-order chi connectivity index (χ0) is 14.8. The van der Waals surface area contributed by atoms with E-state index in [2.05, 4.69) is 0 Å². The van der Waals surface area contributed by atoms with Gasteiger partial charge in [-0.3, -0.25) is 4.79 Å². The number of hydrogen-bond acceptors (Lipinski definition) is 3. The molecule has 1 aliphatic rings. The highest BCUT2D eigenvalue weighted by molar-refractivity contribution is 7.20. The van der Waals surface area contributed by atoms with Gasteiger partial charge >= 0.3 is 0 Å². The van der Waals surface area contributed by atoms with Gasteiger partial charge in [0.05, 0.1) is 11.5 Å². The summed E-state index contributed by atoms with van der Waals surface area (Å²) in [6, 6.07) is 6.62. The van der Waals surface area contributed by atoms with Gasteiger partial charge in [-0.15, -0.1) is 11.3 Å². The zero-order valence-corrected chi connectivity index (χ0v) is 12.5. The second kappa shape index (κ2) is 6.12. The summed E-state index contributed by atoms with van der Waals surface area (Å²) >= 11 is 1.32. The van der Waals surface area contributed by atoms with Crippen molar-refractivity contribution < 1.29 is 14.3 Å². The first-order chi connectivity index (χ1) is 10.2. The molecule has 2 aromatic rings. The van der Waals surface area contributed by atoms with Gasteiger partial charge in [-0.05, 0) is 36.4 Å². The van der Waals surface area contributed by atoms with E-state index in [0.717, 1.165) is 35.8 Å². The Morgan fingerprint density at radius 2 is 2.10 bits per heavy atom. The fourth-order valence-electron chi connectivity index (χ4n) is 3.03. The van der Waals surface area contributed by atoms with Gasteiger partial charge in [-0.25, -0.2) is 4.39 Å². The number of halogens is 1. The maximum absolute atomic E-state index is 13.3. The number of hydrogen-bond donors (Lipinski definition) is 1. The summed E-state index contributed by atoms with van der Waals surface area (Å²) in [4.78, 5) is 15.1. The van der Waals surface area contributed by atoms with E-state index in [1.807, 2.05) is 6.07 Å². The Kier molecular flexibility index (Phi) is 4.22. The third kappa shape index (κ3) is 2.94. The van der Waals surface area contributed by atoms with Gasteiger partial charge in [-0.2, -0.15) is 0 Å². The van der Waals surface area contributed by atoms with Crippen molar-refractivity contribution in [1.82, 2.24) is 4.90 Å². The number of benzene rings is 1. The van der Waals surface area contributed by atoms with Crippen LogP contribution in [0.25, 0.3) is 10.1 Å². The van der Waals surface area contributed by atoms with Crippen LogP contribution in [0.5, 0.6) is 0 Å². The van der Waals surface area contributed by atoms with Crippen LogP contribution in [0.15, 0.2) is 24.3 Å². The fraction of sp³-hybridized carbons (Fsp3) is 0.438. The first-order valence-electron chi connectivity index (χ1n) is 7.30. The normalized spacial score (nSPS) is 15.7. The highest BCUT2D eigenvalue weighted by atomic mass is 32.1. The van der Waals surface area contributed by atoms with E-state index < -0.39 is 0 Å². The predicted octanol–water partition coefficient (Wildman–Crippen LogP) is 3.42. The molecule has 0 spiro atoms. The van der Waals surface area contributed by atoms with Gasteiger partial charge in [0.2, 0.25) is 0 Å². The molecule has 0 atom stereocenters. The van der Waals surface area contributed by atoms with Crippen LogP contribution in [0.1, 0.15) is 35.4 Å². The molecular weight excluding hydrogens is 289 g/mol. The number of carbonyl (C=O) groups excluding carboxylic acids is 1. The van der Waals surface area contributed by atoms with Crippen molar-refractivity contribution in [2.24, 2.45) is 0 Å². The number of nitrogens with zero attached hydrogens (tertiary/aromatic N) is 1. The molecular formula is C16H18FNO2S. The Labute approximate surface area is 127 Å². The molecule has 0 bridgehead atoms. The van der Waals surface area contributed by atoms with Gasteiger partial charge < -0.3 is 10.0 Å². The summed E-state index contributed by atoms with van der Waals surface area (Å²) in [6.07, 6.45) is 4.28. The van der Waals surface area contributed by atoms with Crippen molar-refractivity contribution in [2.75, 3.05) is 13.2 Å². The zero-order valence-electron chi connectivity index (χ0n) is 11.7. The summed E-state index contributed by atoms with van der Waals surface area (Å²) in [5.74, 6) is -0.330. The Morgan fingerprint density at radius 1 is 1.33 bits per heavy atom. The first-order valence-corrected chi connectivity index (χ1v) is 8.11. The number of aliphatic hydroxyl groups excluding tert-OH is 1. The lowest BCUT2D eigenvalue weighted by Crippen LogP contribution is -2.40. The minimum Gasteiger partial charge on any atom is -0.395 e. The third-order valence-electron chi connectivity index (χ3n) is 4.06. The number of carbonyl (C=O) groups is 1. The lowest BCUT2D eigenvalue weighted by Gasteiger charge is -2.27. The molecule has 3 rings (SSSR count). The summed E-state index contributed by atoms with van der Waals surface area (Å²) in [5, 5.41) is 10.1. The van der Waals surface area contributed by atoms with Crippen LogP contribution in [-0.2, 0) is 0 Å². The number of rotatable bonds is 4. The molecule has 1 heterocycles. The number of fused-ring (bicyclic) bond motifs is 1. The van der Waals surface area contributed by atoms with E-state index in [1.165, 1.54) is 23.5 Å². The van der Waals surface area contributed by atoms with Crippen LogP contribution in [0.2, 0.25) is 0 Å². The van der Waals surface area contributed by atoms with Crippen molar-refractivity contribution in [3.05, 3.63) is 35.0 Å². The SMILES string of the molecule is O=C(c1cc2ccc(F)cc2s1)N(CCO)C1CCCC1. The minimum absolute atomic E-state index is 0.0260. The van der Waals surface area contributed by atoms with Gasteiger partial charge in [0.1, 0.15) is 5.82 Å². The lowest BCUT2D eigenvalue weighted by molar-refractivity contribution is 0.0643. The average Bonchev–Trinajstić information content (AvgIpc) is 3.12. The van der Waals surface area contributed by atoms with Crippen LogP contribution < -0.4 is 0 Å². The van der Waals surface area contributed by atoms with E-state index in [1.54, 1.807) is 11.0 Å². The van der Waals surface area contributed by atoms with Gasteiger partial charge in [0, 0.05) is 17.3 Å². The van der Waals surface area contributed by atoms with Crippen LogP contribution in [0.4, 0.5) is 4.39 Å². The second-order valence-electron chi connectivity index (χ2n) is 5.45. The highest BCUT2D eigenvalue weighted by Crippen LogP contribution is 2.30. The molecule has 1 saturated carbocycles. The van der Waals surface area contributed by atoms with E-state index >= 15 is 0 Å².